The smallest absolute Gasteiger partial charge is 0.147 e. The van der Waals surface area contributed by atoms with Crippen LogP contribution in [0.1, 0.15) is 31.9 Å². The summed E-state index contributed by atoms with van der Waals surface area (Å²) >= 11 is 18.2. The van der Waals surface area contributed by atoms with E-state index in [-0.39, 0.29) is 0 Å². The van der Waals surface area contributed by atoms with E-state index >= 15 is 0 Å². The quantitative estimate of drug-likeness (QED) is 0.510. The maximum atomic E-state index is 6.32. The van der Waals surface area contributed by atoms with Gasteiger partial charge in [0.15, 0.2) is 0 Å². The Hall–Kier alpha value is -1.63. The van der Waals surface area contributed by atoms with E-state index < -0.39 is 0 Å². The lowest BCUT2D eigenvalue weighted by molar-refractivity contribution is 0.235. The number of hydrazine groups is 1. The van der Waals surface area contributed by atoms with E-state index in [0.717, 1.165) is 42.4 Å². The Balaban J connectivity index is 0.000000290. The zero-order valence-electron chi connectivity index (χ0n) is 16.3. The monoisotopic (exact) mass is 451 g/mol. The highest BCUT2D eigenvalue weighted by atomic mass is 35.5. The van der Waals surface area contributed by atoms with Crippen LogP contribution in [0.5, 0.6) is 0 Å². The van der Waals surface area contributed by atoms with Gasteiger partial charge in [0.2, 0.25) is 0 Å². The molecule has 0 amide bonds. The number of aromatic nitrogens is 3. The first kappa shape index (κ1) is 22.1. The van der Waals surface area contributed by atoms with Gasteiger partial charge in [-0.1, -0.05) is 48.1 Å². The van der Waals surface area contributed by atoms with Crippen LogP contribution in [0.25, 0.3) is 17.2 Å². The molecule has 2 aromatic heterocycles. The molecule has 0 unspecified atom stereocenters. The Morgan fingerprint density at radius 2 is 1.66 bits per heavy atom. The first-order chi connectivity index (χ1) is 14.0. The Morgan fingerprint density at radius 3 is 2.21 bits per heavy atom. The molecule has 29 heavy (non-hydrogen) atoms. The number of benzene rings is 1. The van der Waals surface area contributed by atoms with Gasteiger partial charge >= 0.3 is 0 Å². The van der Waals surface area contributed by atoms with Gasteiger partial charge in [-0.15, -0.1) is 0 Å². The minimum atomic E-state index is 0.552. The highest BCUT2D eigenvalue weighted by Crippen LogP contribution is 2.31. The number of imidazole rings is 1. The Labute approximate surface area is 186 Å². The lowest BCUT2D eigenvalue weighted by atomic mass is 10.2. The van der Waals surface area contributed by atoms with Crippen LogP contribution in [0, 0.1) is 0 Å². The van der Waals surface area contributed by atoms with E-state index in [0.29, 0.717) is 15.1 Å². The number of piperidine rings is 1. The third-order valence-electron chi connectivity index (χ3n) is 4.70. The van der Waals surface area contributed by atoms with Gasteiger partial charge in [0.1, 0.15) is 11.6 Å². The van der Waals surface area contributed by atoms with Crippen molar-refractivity contribution in [3.8, 4) is 17.2 Å². The fourth-order valence-electron chi connectivity index (χ4n) is 3.17. The third-order valence-corrected chi connectivity index (χ3v) is 5.47. The molecule has 3 aromatic rings. The Kier molecular flexibility index (Phi) is 7.92. The number of nitrogens with two attached hydrogens (primary N) is 1. The lowest BCUT2D eigenvalue weighted by Gasteiger charge is -2.20. The number of halogens is 3. The van der Waals surface area contributed by atoms with Gasteiger partial charge in [0.25, 0.3) is 0 Å². The molecule has 0 radical (unpaired) electrons. The largest absolute Gasteiger partial charge is 0.281 e. The summed E-state index contributed by atoms with van der Waals surface area (Å²) in [6.45, 7) is 4.26. The number of pyridine rings is 1. The van der Waals surface area contributed by atoms with Crippen molar-refractivity contribution in [3.05, 3.63) is 63.5 Å². The van der Waals surface area contributed by atoms with E-state index in [2.05, 4.69) is 16.9 Å². The number of nitrogens with zero attached hydrogens (tertiary/aromatic N) is 4. The molecule has 3 heterocycles. The first-order valence-corrected chi connectivity index (χ1v) is 10.8. The molecule has 1 saturated heterocycles. The molecule has 0 aliphatic carbocycles. The fraction of sp³-hybridized carbons (Fsp3) is 0.333. The molecule has 0 spiro atoms. The highest BCUT2D eigenvalue weighted by Gasteiger charge is 2.16. The highest BCUT2D eigenvalue weighted by molar-refractivity contribution is 6.36. The normalized spacial score (nSPS) is 14.4. The zero-order chi connectivity index (χ0) is 20.8. The molecule has 8 heteroatoms. The zero-order valence-corrected chi connectivity index (χ0v) is 18.6. The summed E-state index contributed by atoms with van der Waals surface area (Å²) in [5.41, 5.74) is 1.85. The third kappa shape index (κ3) is 5.71. The van der Waals surface area contributed by atoms with Gasteiger partial charge in [-0.2, -0.15) is 0 Å². The minimum Gasteiger partial charge on any atom is -0.281 e. The molecule has 0 bridgehead atoms. The number of rotatable bonds is 3. The Morgan fingerprint density at radius 1 is 0.931 bits per heavy atom. The molecular formula is C21H24Cl3N5. The predicted molar refractivity (Wildman–Crippen MR) is 121 cm³/mol. The molecule has 2 N–H and O–H groups in total. The lowest BCUT2D eigenvalue weighted by Crippen LogP contribution is -2.35. The van der Waals surface area contributed by atoms with Gasteiger partial charge in [0.05, 0.1) is 10.0 Å². The number of hydrogen-bond donors (Lipinski definition) is 1. The van der Waals surface area contributed by atoms with Crippen molar-refractivity contribution in [2.75, 3.05) is 13.1 Å². The van der Waals surface area contributed by atoms with Crippen LogP contribution < -0.4 is 5.84 Å². The summed E-state index contributed by atoms with van der Waals surface area (Å²) in [5.74, 6) is 6.95. The van der Waals surface area contributed by atoms with Crippen molar-refractivity contribution in [1.82, 2.24) is 19.5 Å². The first-order valence-electron chi connectivity index (χ1n) is 9.63. The predicted octanol–water partition coefficient (Wildman–Crippen LogP) is 5.80. The molecule has 0 saturated carbocycles. The number of hydrogen-bond acceptors (Lipinski definition) is 4. The number of aryl methyl sites for hydroxylation is 1. The Bertz CT molecular complexity index is 934. The maximum absolute atomic E-state index is 6.32. The van der Waals surface area contributed by atoms with Gasteiger partial charge in [-0.25, -0.2) is 15.0 Å². The van der Waals surface area contributed by atoms with Crippen molar-refractivity contribution in [3.63, 3.8) is 0 Å². The van der Waals surface area contributed by atoms with Crippen LogP contribution >= 0.6 is 34.8 Å². The van der Waals surface area contributed by atoms with E-state index in [1.54, 1.807) is 24.4 Å². The van der Waals surface area contributed by atoms with Gasteiger partial charge < -0.3 is 0 Å². The van der Waals surface area contributed by atoms with Crippen LogP contribution in [0.3, 0.4) is 0 Å². The molecule has 1 aliphatic heterocycles. The van der Waals surface area contributed by atoms with Crippen LogP contribution in [0.15, 0.2) is 42.7 Å². The van der Waals surface area contributed by atoms with Crippen LogP contribution in [-0.4, -0.2) is 32.6 Å². The van der Waals surface area contributed by atoms with Crippen LogP contribution in [0.4, 0.5) is 0 Å². The standard InChI is InChI=1S/C16H12Cl3N3.C5H12N2/c1-2-12-9-21-16(13-5-3-10(17)7-14(13)19)22(12)15-6-4-11(18)8-20-15;6-7-4-2-1-3-5-7/h3-9H,2H2,1H3;1-6H2. The topological polar surface area (TPSA) is 60.0 Å². The molecule has 0 atom stereocenters. The van der Waals surface area contributed by atoms with Gasteiger partial charge in [-0.3, -0.25) is 10.4 Å². The second-order valence-corrected chi connectivity index (χ2v) is 8.10. The van der Waals surface area contributed by atoms with E-state index in [1.807, 2.05) is 27.9 Å². The van der Waals surface area contributed by atoms with Gasteiger partial charge in [-0.05, 0) is 49.6 Å². The second-order valence-electron chi connectivity index (χ2n) is 6.82. The molecule has 4 rings (SSSR count). The molecule has 1 fully saturated rings. The van der Waals surface area contributed by atoms with Crippen LogP contribution in [-0.2, 0) is 6.42 Å². The molecule has 1 aliphatic rings. The van der Waals surface area contributed by atoms with Crippen molar-refractivity contribution in [2.45, 2.75) is 32.6 Å². The molecule has 5 nitrogen and oxygen atoms in total. The second kappa shape index (κ2) is 10.4. The average molecular weight is 453 g/mol. The van der Waals surface area contributed by atoms with E-state index in [9.17, 15) is 0 Å². The minimum absolute atomic E-state index is 0.552. The fourth-order valence-corrected chi connectivity index (χ4v) is 3.78. The van der Waals surface area contributed by atoms with E-state index in [4.69, 9.17) is 40.6 Å². The molecule has 154 valence electrons. The van der Waals surface area contributed by atoms with Gasteiger partial charge in [0, 0.05) is 41.8 Å². The summed E-state index contributed by atoms with van der Waals surface area (Å²) in [7, 11) is 0. The van der Waals surface area contributed by atoms with Crippen molar-refractivity contribution < 1.29 is 0 Å². The molecular weight excluding hydrogens is 429 g/mol. The maximum Gasteiger partial charge on any atom is 0.147 e. The summed E-state index contributed by atoms with van der Waals surface area (Å²) in [6, 6.07) is 9.02. The van der Waals surface area contributed by atoms with Crippen molar-refractivity contribution >= 4 is 34.8 Å². The summed E-state index contributed by atoms with van der Waals surface area (Å²) in [5, 5.41) is 3.62. The van der Waals surface area contributed by atoms with E-state index in [1.165, 1.54) is 19.3 Å². The average Bonchev–Trinajstić information content (AvgIpc) is 3.13. The SMILES string of the molecule is CCc1cnc(-c2ccc(Cl)cc2Cl)n1-c1ccc(Cl)cn1.NN1CCCCC1. The summed E-state index contributed by atoms with van der Waals surface area (Å²) < 4.78 is 1.98. The van der Waals surface area contributed by atoms with Crippen molar-refractivity contribution in [1.29, 1.82) is 0 Å². The molecule has 1 aromatic carbocycles. The van der Waals surface area contributed by atoms with Crippen molar-refractivity contribution in [2.24, 2.45) is 5.84 Å². The summed E-state index contributed by atoms with van der Waals surface area (Å²) in [6.07, 6.45) is 8.21. The van der Waals surface area contributed by atoms with Crippen LogP contribution in [0.2, 0.25) is 15.1 Å². The summed E-state index contributed by atoms with van der Waals surface area (Å²) in [4.78, 5) is 8.89.